The maximum atomic E-state index is 13.1. The van der Waals surface area contributed by atoms with Gasteiger partial charge in [0.05, 0.1) is 27.2 Å². The zero-order valence-corrected chi connectivity index (χ0v) is 19.7. The minimum absolute atomic E-state index is 0.00851. The van der Waals surface area contributed by atoms with E-state index in [0.717, 1.165) is 17.0 Å². The number of urea groups is 1. The lowest BCUT2D eigenvalue weighted by atomic mass is 9.83. The number of piperidine rings is 1. The van der Waals surface area contributed by atoms with Crippen molar-refractivity contribution in [3.63, 3.8) is 0 Å². The number of amides is 4. The number of nitrogens with zero attached hydrogens (tertiary/aromatic N) is 3. The molecule has 3 atom stereocenters. The zero-order chi connectivity index (χ0) is 24.7. The van der Waals surface area contributed by atoms with Gasteiger partial charge in [0.2, 0.25) is 5.91 Å². The highest BCUT2D eigenvalue weighted by atomic mass is 16.5. The second kappa shape index (κ2) is 9.09. The van der Waals surface area contributed by atoms with Crippen LogP contribution in [0, 0.1) is 5.92 Å². The Hall–Kier alpha value is -3.82. The van der Waals surface area contributed by atoms with Gasteiger partial charge in [0, 0.05) is 37.3 Å². The molecule has 10 heteroatoms. The van der Waals surface area contributed by atoms with E-state index in [1.807, 2.05) is 10.6 Å². The van der Waals surface area contributed by atoms with Crippen molar-refractivity contribution in [1.29, 1.82) is 0 Å². The van der Waals surface area contributed by atoms with Gasteiger partial charge < -0.3 is 24.3 Å². The van der Waals surface area contributed by atoms with Crippen LogP contribution in [0.5, 0.6) is 11.5 Å². The van der Waals surface area contributed by atoms with E-state index in [0.29, 0.717) is 36.7 Å². The first kappa shape index (κ1) is 22.9. The molecule has 5 rings (SSSR count). The Labute approximate surface area is 202 Å². The van der Waals surface area contributed by atoms with E-state index in [1.165, 1.54) is 14.2 Å². The third-order valence-electron chi connectivity index (χ3n) is 7.11. The monoisotopic (exact) mass is 480 g/mol. The summed E-state index contributed by atoms with van der Waals surface area (Å²) in [6, 6.07) is 9.04. The molecule has 0 aliphatic carbocycles. The third kappa shape index (κ3) is 4.24. The van der Waals surface area contributed by atoms with E-state index in [-0.39, 0.29) is 36.3 Å². The number of aromatic nitrogens is 1. The number of nitrogens with one attached hydrogen (secondary N) is 1. The van der Waals surface area contributed by atoms with Gasteiger partial charge in [-0.3, -0.25) is 19.3 Å². The summed E-state index contributed by atoms with van der Waals surface area (Å²) in [5.74, 6) is 0.751. The Kier molecular flexibility index (Phi) is 5.96. The quantitative estimate of drug-likeness (QED) is 0.625. The molecule has 2 saturated heterocycles. The second-order valence-corrected chi connectivity index (χ2v) is 9.32. The summed E-state index contributed by atoms with van der Waals surface area (Å²) in [4.78, 5) is 53.8. The SMILES string of the molecule is COc1ccc(CN2C(=O)N[C@@H](CC(=O)N3C[C@H]4C[C@@H](C3)c3cccc(=O)n3C4)C2=O)cc1OC. The highest BCUT2D eigenvalue weighted by molar-refractivity contribution is 6.05. The van der Waals surface area contributed by atoms with Crippen molar-refractivity contribution in [2.45, 2.75) is 37.9 Å². The maximum Gasteiger partial charge on any atom is 0.325 e. The zero-order valence-electron chi connectivity index (χ0n) is 19.7. The molecule has 184 valence electrons. The first-order chi connectivity index (χ1) is 16.9. The van der Waals surface area contributed by atoms with Crippen molar-refractivity contribution in [2.75, 3.05) is 27.3 Å². The lowest BCUT2D eigenvalue weighted by Gasteiger charge is -2.43. The average Bonchev–Trinajstić information content (AvgIpc) is 3.11. The fraction of sp³-hybridized carbons (Fsp3) is 0.440. The molecule has 0 unspecified atom stereocenters. The number of ether oxygens (including phenoxy) is 2. The molecule has 2 bridgehead atoms. The smallest absolute Gasteiger partial charge is 0.325 e. The fourth-order valence-electron chi connectivity index (χ4n) is 5.43. The van der Waals surface area contributed by atoms with Crippen LogP contribution in [0.3, 0.4) is 0 Å². The van der Waals surface area contributed by atoms with Gasteiger partial charge in [0.25, 0.3) is 11.5 Å². The Balaban J connectivity index is 1.24. The van der Waals surface area contributed by atoms with Gasteiger partial charge in [-0.15, -0.1) is 0 Å². The van der Waals surface area contributed by atoms with Gasteiger partial charge in [-0.05, 0) is 36.1 Å². The summed E-state index contributed by atoms with van der Waals surface area (Å²) in [5, 5.41) is 2.66. The molecule has 1 aromatic heterocycles. The van der Waals surface area contributed by atoms with Crippen molar-refractivity contribution in [3.05, 3.63) is 58.0 Å². The molecule has 3 aliphatic rings. The number of likely N-dealkylation sites (tertiary alicyclic amines) is 1. The van der Waals surface area contributed by atoms with Gasteiger partial charge in [0.1, 0.15) is 6.04 Å². The molecule has 4 heterocycles. The van der Waals surface area contributed by atoms with E-state index in [4.69, 9.17) is 9.47 Å². The van der Waals surface area contributed by atoms with Gasteiger partial charge in [-0.1, -0.05) is 12.1 Å². The molecule has 0 spiro atoms. The van der Waals surface area contributed by atoms with Crippen LogP contribution >= 0.6 is 0 Å². The fourth-order valence-corrected chi connectivity index (χ4v) is 5.43. The van der Waals surface area contributed by atoms with E-state index < -0.39 is 18.0 Å². The summed E-state index contributed by atoms with van der Waals surface area (Å²) in [7, 11) is 3.05. The van der Waals surface area contributed by atoms with Crippen LogP contribution in [0.4, 0.5) is 4.79 Å². The molecular weight excluding hydrogens is 452 g/mol. The first-order valence-corrected chi connectivity index (χ1v) is 11.7. The van der Waals surface area contributed by atoms with E-state index >= 15 is 0 Å². The number of hydrogen-bond donors (Lipinski definition) is 1. The summed E-state index contributed by atoms with van der Waals surface area (Å²) >= 11 is 0. The molecule has 0 radical (unpaired) electrons. The maximum absolute atomic E-state index is 13.1. The van der Waals surface area contributed by atoms with Crippen molar-refractivity contribution in [3.8, 4) is 11.5 Å². The van der Waals surface area contributed by atoms with Crippen LogP contribution in [0.25, 0.3) is 0 Å². The summed E-state index contributed by atoms with van der Waals surface area (Å²) in [5.41, 5.74) is 1.65. The van der Waals surface area contributed by atoms with Crippen molar-refractivity contribution in [2.24, 2.45) is 5.92 Å². The van der Waals surface area contributed by atoms with Crippen LogP contribution in [-0.2, 0) is 22.7 Å². The number of carbonyl (C=O) groups is 3. The normalized spacial score (nSPS) is 23.1. The second-order valence-electron chi connectivity index (χ2n) is 9.32. The van der Waals surface area contributed by atoms with Crippen LogP contribution in [-0.4, -0.2) is 65.6 Å². The number of fused-ring (bicyclic) bond motifs is 4. The van der Waals surface area contributed by atoms with Crippen LogP contribution < -0.4 is 20.3 Å². The van der Waals surface area contributed by atoms with Crippen molar-refractivity contribution < 1.29 is 23.9 Å². The third-order valence-corrected chi connectivity index (χ3v) is 7.11. The number of hydrogen-bond acceptors (Lipinski definition) is 6. The topological polar surface area (TPSA) is 110 Å². The predicted molar refractivity (Wildman–Crippen MR) is 125 cm³/mol. The minimum Gasteiger partial charge on any atom is -0.493 e. The van der Waals surface area contributed by atoms with E-state index in [2.05, 4.69) is 5.32 Å². The molecule has 4 amide bonds. The molecular formula is C25H28N4O6. The summed E-state index contributed by atoms with van der Waals surface area (Å²) in [6.07, 6.45) is 0.847. The number of rotatable bonds is 6. The van der Waals surface area contributed by atoms with E-state index in [9.17, 15) is 19.2 Å². The number of pyridine rings is 1. The largest absolute Gasteiger partial charge is 0.493 e. The van der Waals surface area contributed by atoms with Gasteiger partial charge in [0.15, 0.2) is 11.5 Å². The van der Waals surface area contributed by atoms with Crippen molar-refractivity contribution in [1.82, 2.24) is 19.7 Å². The number of carbonyl (C=O) groups excluding carboxylic acids is 3. The average molecular weight is 481 g/mol. The van der Waals surface area contributed by atoms with Crippen molar-refractivity contribution >= 4 is 17.8 Å². The van der Waals surface area contributed by atoms with Gasteiger partial charge >= 0.3 is 6.03 Å². The Morgan fingerprint density at radius 1 is 1.03 bits per heavy atom. The minimum atomic E-state index is -0.896. The van der Waals surface area contributed by atoms with Crippen LogP contribution in [0.1, 0.15) is 30.0 Å². The number of methoxy groups -OCH3 is 2. The van der Waals surface area contributed by atoms with Crippen LogP contribution in [0.2, 0.25) is 0 Å². The molecule has 2 fully saturated rings. The molecule has 1 aromatic carbocycles. The molecule has 1 N–H and O–H groups in total. The lowest BCUT2D eigenvalue weighted by Crippen LogP contribution is -2.50. The molecule has 3 aliphatic heterocycles. The Bertz CT molecular complexity index is 1240. The summed E-state index contributed by atoms with van der Waals surface area (Å²) < 4.78 is 12.3. The summed E-state index contributed by atoms with van der Waals surface area (Å²) in [6.45, 7) is 1.70. The van der Waals surface area contributed by atoms with Gasteiger partial charge in [-0.25, -0.2) is 4.79 Å². The van der Waals surface area contributed by atoms with Crippen LogP contribution in [0.15, 0.2) is 41.2 Å². The lowest BCUT2D eigenvalue weighted by molar-refractivity contribution is -0.137. The van der Waals surface area contributed by atoms with E-state index in [1.54, 1.807) is 35.2 Å². The first-order valence-electron chi connectivity index (χ1n) is 11.7. The predicted octanol–water partition coefficient (Wildman–Crippen LogP) is 1.32. The molecule has 2 aromatic rings. The standard InChI is InChI=1S/C25H28N4O6/c1-34-20-7-6-15(9-21(20)35-2)12-29-24(32)18(26-25(29)33)10-23(31)27-11-16-8-17(14-27)19-4-3-5-22(30)28(19)13-16/h3-7,9,16-18H,8,10-14H2,1-2H3,(H,26,33)/t16-,17+,18+/m1/s1. The highest BCUT2D eigenvalue weighted by Crippen LogP contribution is 2.35. The molecule has 10 nitrogen and oxygen atoms in total. The number of benzene rings is 1. The molecule has 0 saturated carbocycles. The Morgan fingerprint density at radius 3 is 2.60 bits per heavy atom. The van der Waals surface area contributed by atoms with Gasteiger partial charge in [-0.2, -0.15) is 0 Å². The molecule has 35 heavy (non-hydrogen) atoms. The number of imide groups is 1. The highest BCUT2D eigenvalue weighted by Gasteiger charge is 2.42. The Morgan fingerprint density at radius 2 is 1.83 bits per heavy atom.